The van der Waals surface area contributed by atoms with Gasteiger partial charge in [-0.25, -0.2) is 9.18 Å². The summed E-state index contributed by atoms with van der Waals surface area (Å²) in [4.78, 5) is 10.1. The molecule has 0 aliphatic heterocycles. The Kier molecular flexibility index (Phi) is 3.08. The molecule has 1 atom stereocenters. The van der Waals surface area contributed by atoms with E-state index in [0.29, 0.717) is 19.4 Å². The quantitative estimate of drug-likeness (QED) is 0.670. The van der Waals surface area contributed by atoms with Gasteiger partial charge in [0.15, 0.2) is 0 Å². The first-order valence-electron chi connectivity index (χ1n) is 4.00. The van der Waals surface area contributed by atoms with E-state index in [1.54, 1.807) is 0 Å². The number of amides is 1. The molecule has 1 unspecified atom stereocenters. The van der Waals surface area contributed by atoms with Crippen molar-refractivity contribution in [1.29, 1.82) is 0 Å². The summed E-state index contributed by atoms with van der Waals surface area (Å²) >= 11 is 0. The molecule has 0 aromatic carbocycles. The van der Waals surface area contributed by atoms with E-state index in [2.05, 4.69) is 5.32 Å². The largest absolute Gasteiger partial charge is 0.465 e. The Morgan fingerprint density at radius 1 is 1.83 bits per heavy atom. The van der Waals surface area contributed by atoms with Gasteiger partial charge in [0.05, 0.1) is 5.83 Å². The first-order chi connectivity index (χ1) is 5.68. The molecule has 68 valence electrons. The van der Waals surface area contributed by atoms with Crippen LogP contribution in [0, 0.1) is 5.92 Å². The van der Waals surface area contributed by atoms with Crippen molar-refractivity contribution in [1.82, 2.24) is 5.32 Å². The molecule has 0 bridgehead atoms. The summed E-state index contributed by atoms with van der Waals surface area (Å²) in [5.41, 5.74) is 0. The molecule has 0 aromatic rings. The second-order valence-electron chi connectivity index (χ2n) is 2.98. The molecule has 1 aliphatic rings. The second-order valence-corrected chi connectivity index (χ2v) is 2.98. The van der Waals surface area contributed by atoms with Crippen LogP contribution in [0.15, 0.2) is 11.9 Å². The zero-order valence-electron chi connectivity index (χ0n) is 6.72. The summed E-state index contributed by atoms with van der Waals surface area (Å²) in [5.74, 6) is 0.196. The molecule has 12 heavy (non-hydrogen) atoms. The maximum atomic E-state index is 12.5. The molecule has 1 aliphatic carbocycles. The van der Waals surface area contributed by atoms with Gasteiger partial charge in [-0.3, -0.25) is 0 Å². The summed E-state index contributed by atoms with van der Waals surface area (Å²) in [6, 6.07) is 0. The predicted molar refractivity (Wildman–Crippen MR) is 42.6 cm³/mol. The summed E-state index contributed by atoms with van der Waals surface area (Å²) in [7, 11) is 0. The number of halogens is 1. The summed E-state index contributed by atoms with van der Waals surface area (Å²) in [6.07, 6.45) is 2.36. The van der Waals surface area contributed by atoms with Crippen molar-refractivity contribution >= 4 is 6.09 Å². The molecule has 0 radical (unpaired) electrons. The maximum Gasteiger partial charge on any atom is 0.404 e. The van der Waals surface area contributed by atoms with Crippen LogP contribution >= 0.6 is 0 Å². The van der Waals surface area contributed by atoms with Gasteiger partial charge in [0.1, 0.15) is 0 Å². The molecule has 1 rings (SSSR count). The number of carboxylic acid groups (broad SMARTS) is 1. The Morgan fingerprint density at radius 2 is 2.58 bits per heavy atom. The van der Waals surface area contributed by atoms with E-state index in [1.807, 2.05) is 0 Å². The van der Waals surface area contributed by atoms with Crippen LogP contribution < -0.4 is 5.32 Å². The lowest BCUT2D eigenvalue weighted by molar-refractivity contribution is 0.191. The first kappa shape index (κ1) is 9.03. The fourth-order valence-corrected chi connectivity index (χ4v) is 1.27. The predicted octanol–water partition coefficient (Wildman–Crippen LogP) is 1.91. The van der Waals surface area contributed by atoms with E-state index in [-0.39, 0.29) is 11.7 Å². The monoisotopic (exact) mass is 173 g/mol. The van der Waals surface area contributed by atoms with Crippen molar-refractivity contribution in [2.45, 2.75) is 19.3 Å². The van der Waals surface area contributed by atoms with Crippen molar-refractivity contribution in [2.24, 2.45) is 5.92 Å². The molecule has 0 aromatic heterocycles. The van der Waals surface area contributed by atoms with Crippen LogP contribution in [0.4, 0.5) is 9.18 Å². The van der Waals surface area contributed by atoms with Crippen molar-refractivity contribution in [3.63, 3.8) is 0 Å². The zero-order valence-corrected chi connectivity index (χ0v) is 6.72. The van der Waals surface area contributed by atoms with Gasteiger partial charge < -0.3 is 10.4 Å². The first-order valence-corrected chi connectivity index (χ1v) is 4.00. The van der Waals surface area contributed by atoms with Crippen LogP contribution in [0.1, 0.15) is 19.3 Å². The Bertz CT molecular complexity index is 203. The summed E-state index contributed by atoms with van der Waals surface area (Å²) < 4.78 is 12.5. The van der Waals surface area contributed by atoms with Gasteiger partial charge in [0.2, 0.25) is 0 Å². The fourth-order valence-electron chi connectivity index (χ4n) is 1.27. The highest BCUT2D eigenvalue weighted by Crippen LogP contribution is 2.23. The van der Waals surface area contributed by atoms with E-state index in [9.17, 15) is 9.18 Å². The van der Waals surface area contributed by atoms with Crippen molar-refractivity contribution < 1.29 is 14.3 Å². The van der Waals surface area contributed by atoms with Gasteiger partial charge in [-0.2, -0.15) is 0 Å². The van der Waals surface area contributed by atoms with Gasteiger partial charge in [0, 0.05) is 6.54 Å². The van der Waals surface area contributed by atoms with Gasteiger partial charge in [-0.15, -0.1) is 0 Å². The topological polar surface area (TPSA) is 49.3 Å². The zero-order chi connectivity index (χ0) is 8.97. The Balaban J connectivity index is 2.23. The highest BCUT2D eigenvalue weighted by atomic mass is 19.1. The molecular formula is C8H12FNO2. The van der Waals surface area contributed by atoms with Gasteiger partial charge in [-0.1, -0.05) is 6.08 Å². The minimum atomic E-state index is -1.01. The smallest absolute Gasteiger partial charge is 0.404 e. The number of nitrogens with one attached hydrogen (secondary N) is 1. The maximum absolute atomic E-state index is 12.5. The summed E-state index contributed by atoms with van der Waals surface area (Å²) in [5, 5.41) is 10.6. The third-order valence-electron chi connectivity index (χ3n) is 2.01. The Hall–Kier alpha value is -1.06. The van der Waals surface area contributed by atoms with Gasteiger partial charge >= 0.3 is 6.09 Å². The molecule has 0 fully saturated rings. The molecule has 0 spiro atoms. The standard InChI is InChI=1S/C8H12FNO2/c9-7-3-1-6(2-4-7)5-10-8(11)12/h3,6,10H,1-2,4-5H2,(H,11,12). The van der Waals surface area contributed by atoms with E-state index >= 15 is 0 Å². The van der Waals surface area contributed by atoms with E-state index in [4.69, 9.17) is 5.11 Å². The number of hydrogen-bond donors (Lipinski definition) is 2. The van der Waals surface area contributed by atoms with Crippen LogP contribution in [-0.2, 0) is 0 Å². The minimum Gasteiger partial charge on any atom is -0.465 e. The number of hydrogen-bond acceptors (Lipinski definition) is 1. The Morgan fingerprint density at radius 3 is 3.08 bits per heavy atom. The van der Waals surface area contributed by atoms with Gasteiger partial charge in [0.25, 0.3) is 0 Å². The molecule has 1 amide bonds. The lowest BCUT2D eigenvalue weighted by Gasteiger charge is -2.17. The van der Waals surface area contributed by atoms with E-state index in [0.717, 1.165) is 6.42 Å². The number of rotatable bonds is 2. The minimum absolute atomic E-state index is 0.0680. The molecule has 3 nitrogen and oxygen atoms in total. The molecule has 0 heterocycles. The molecule has 4 heteroatoms. The molecule has 0 saturated carbocycles. The number of carbonyl (C=O) groups is 1. The SMILES string of the molecule is O=C(O)NCC1CC=C(F)CC1. The molecule has 0 saturated heterocycles. The van der Waals surface area contributed by atoms with Crippen LogP contribution in [0.2, 0.25) is 0 Å². The summed E-state index contributed by atoms with van der Waals surface area (Å²) in [6.45, 7) is 0.430. The molecular weight excluding hydrogens is 161 g/mol. The number of allylic oxidation sites excluding steroid dienone is 2. The third kappa shape index (κ3) is 2.90. The van der Waals surface area contributed by atoms with E-state index in [1.165, 1.54) is 6.08 Å². The van der Waals surface area contributed by atoms with E-state index < -0.39 is 6.09 Å². The highest BCUT2D eigenvalue weighted by molar-refractivity contribution is 5.64. The second kappa shape index (κ2) is 4.09. The fraction of sp³-hybridized carbons (Fsp3) is 0.625. The van der Waals surface area contributed by atoms with Crippen LogP contribution in [0.5, 0.6) is 0 Å². The van der Waals surface area contributed by atoms with Crippen molar-refractivity contribution in [2.75, 3.05) is 6.54 Å². The highest BCUT2D eigenvalue weighted by Gasteiger charge is 2.14. The Labute approximate surface area is 70.3 Å². The average Bonchev–Trinajstić information content (AvgIpc) is 2.03. The third-order valence-corrected chi connectivity index (χ3v) is 2.01. The lowest BCUT2D eigenvalue weighted by Crippen LogP contribution is -2.28. The molecule has 2 N–H and O–H groups in total. The van der Waals surface area contributed by atoms with Crippen molar-refractivity contribution in [3.05, 3.63) is 11.9 Å². The van der Waals surface area contributed by atoms with Crippen LogP contribution in [0.3, 0.4) is 0 Å². The normalized spacial score (nSPS) is 23.1. The van der Waals surface area contributed by atoms with Gasteiger partial charge in [-0.05, 0) is 25.2 Å². The average molecular weight is 173 g/mol. The van der Waals surface area contributed by atoms with Crippen LogP contribution in [0.25, 0.3) is 0 Å². The van der Waals surface area contributed by atoms with Crippen LogP contribution in [-0.4, -0.2) is 17.7 Å². The lowest BCUT2D eigenvalue weighted by atomic mass is 9.94. The van der Waals surface area contributed by atoms with Crippen molar-refractivity contribution in [3.8, 4) is 0 Å².